The number of amides is 1. The van der Waals surface area contributed by atoms with Crippen LogP contribution >= 0.6 is 0 Å². The van der Waals surface area contributed by atoms with Gasteiger partial charge in [0.1, 0.15) is 11.5 Å². The summed E-state index contributed by atoms with van der Waals surface area (Å²) in [6.07, 6.45) is 1.07. The van der Waals surface area contributed by atoms with E-state index in [1.807, 2.05) is 13.8 Å². The lowest BCUT2D eigenvalue weighted by molar-refractivity contribution is -0.119. The molecule has 0 radical (unpaired) electrons. The molecule has 0 saturated heterocycles. The van der Waals surface area contributed by atoms with Gasteiger partial charge in [-0.3, -0.25) is 4.79 Å². The number of anilines is 1. The summed E-state index contributed by atoms with van der Waals surface area (Å²) in [6.45, 7) is 4.03. The van der Waals surface area contributed by atoms with Crippen molar-refractivity contribution in [3.8, 4) is 11.5 Å². The molecule has 0 unspecified atom stereocenters. The number of sulfone groups is 1. The van der Waals surface area contributed by atoms with Gasteiger partial charge in [0.2, 0.25) is 0 Å². The van der Waals surface area contributed by atoms with Crippen LogP contribution in [0.3, 0.4) is 0 Å². The number of hydrogen-bond acceptors (Lipinski definition) is 7. The molecule has 0 aliphatic rings. The minimum atomic E-state index is -3.36. The molecule has 2 rings (SSSR count). The Morgan fingerprint density at radius 2 is 1.62 bits per heavy atom. The van der Waals surface area contributed by atoms with Gasteiger partial charge in [-0.25, -0.2) is 13.2 Å². The summed E-state index contributed by atoms with van der Waals surface area (Å²) in [6, 6.07) is 10.3. The summed E-state index contributed by atoms with van der Waals surface area (Å²) in [5, 5.41) is 2.63. The monoisotopic (exact) mass is 421 g/mol. The van der Waals surface area contributed by atoms with Crippen LogP contribution in [0.15, 0.2) is 47.4 Å². The maximum absolute atomic E-state index is 12.2. The first-order valence-electron chi connectivity index (χ1n) is 8.91. The normalized spacial score (nSPS) is 10.9. The molecule has 0 fully saturated rings. The molecule has 0 heterocycles. The Hall–Kier alpha value is -3.07. The van der Waals surface area contributed by atoms with Gasteiger partial charge in [-0.15, -0.1) is 0 Å². The van der Waals surface area contributed by atoms with Crippen LogP contribution in [0.5, 0.6) is 11.5 Å². The zero-order valence-electron chi connectivity index (χ0n) is 16.4. The minimum Gasteiger partial charge on any atom is -0.494 e. The fraction of sp³-hybridized carbons (Fsp3) is 0.300. The molecule has 0 bridgehead atoms. The van der Waals surface area contributed by atoms with Crippen molar-refractivity contribution in [3.05, 3.63) is 48.0 Å². The quantitative estimate of drug-likeness (QED) is 0.620. The molecule has 29 heavy (non-hydrogen) atoms. The molecule has 0 atom stereocenters. The smallest absolute Gasteiger partial charge is 0.338 e. The van der Waals surface area contributed by atoms with Crippen molar-refractivity contribution in [2.45, 2.75) is 18.7 Å². The van der Waals surface area contributed by atoms with Gasteiger partial charge in [0.25, 0.3) is 5.91 Å². The zero-order chi connectivity index (χ0) is 21.4. The molecular formula is C20H23NO7S. The summed E-state index contributed by atoms with van der Waals surface area (Å²) in [7, 11) is -3.36. The van der Waals surface area contributed by atoms with Gasteiger partial charge < -0.3 is 19.5 Å². The molecule has 0 saturated carbocycles. The molecule has 0 spiro atoms. The topological polar surface area (TPSA) is 108 Å². The van der Waals surface area contributed by atoms with Gasteiger partial charge in [0.05, 0.1) is 29.4 Å². The number of nitrogens with one attached hydrogen (secondary N) is 1. The van der Waals surface area contributed by atoms with E-state index in [1.165, 1.54) is 24.3 Å². The van der Waals surface area contributed by atoms with Crippen LogP contribution in [0.2, 0.25) is 0 Å². The molecule has 8 nitrogen and oxygen atoms in total. The highest BCUT2D eigenvalue weighted by atomic mass is 32.2. The van der Waals surface area contributed by atoms with Gasteiger partial charge in [0, 0.05) is 12.3 Å². The van der Waals surface area contributed by atoms with Gasteiger partial charge in [0.15, 0.2) is 16.4 Å². The Bertz CT molecular complexity index is 969. The number of esters is 1. The van der Waals surface area contributed by atoms with E-state index in [-0.39, 0.29) is 10.5 Å². The molecule has 9 heteroatoms. The summed E-state index contributed by atoms with van der Waals surface area (Å²) in [5.41, 5.74) is 0.537. The molecule has 1 N–H and O–H groups in total. The van der Waals surface area contributed by atoms with Crippen LogP contribution in [0.4, 0.5) is 5.69 Å². The highest BCUT2D eigenvalue weighted by molar-refractivity contribution is 7.90. The minimum absolute atomic E-state index is 0.0874. The van der Waals surface area contributed by atoms with Crippen LogP contribution in [0, 0.1) is 0 Å². The summed E-state index contributed by atoms with van der Waals surface area (Å²) in [5.74, 6) is -0.268. The lowest BCUT2D eigenvalue weighted by atomic mass is 10.2. The number of hydrogen-bond donors (Lipinski definition) is 1. The van der Waals surface area contributed by atoms with Gasteiger partial charge >= 0.3 is 5.97 Å². The average Bonchev–Trinajstić information content (AvgIpc) is 2.68. The first-order chi connectivity index (χ1) is 13.7. The maximum atomic E-state index is 12.2. The van der Waals surface area contributed by atoms with Crippen molar-refractivity contribution < 1.29 is 32.2 Å². The Morgan fingerprint density at radius 1 is 0.966 bits per heavy atom. The molecule has 2 aromatic carbocycles. The number of benzene rings is 2. The average molecular weight is 421 g/mol. The molecule has 0 aliphatic heterocycles. The largest absolute Gasteiger partial charge is 0.494 e. The Labute approximate surface area is 169 Å². The van der Waals surface area contributed by atoms with Crippen molar-refractivity contribution >= 4 is 27.4 Å². The van der Waals surface area contributed by atoms with Crippen LogP contribution < -0.4 is 14.8 Å². The van der Waals surface area contributed by atoms with E-state index >= 15 is 0 Å². The maximum Gasteiger partial charge on any atom is 0.338 e. The predicted molar refractivity (Wildman–Crippen MR) is 107 cm³/mol. The number of carbonyl (C=O) groups excluding carboxylic acids is 2. The third-order valence-corrected chi connectivity index (χ3v) is 4.82. The number of carbonyl (C=O) groups is 2. The van der Waals surface area contributed by atoms with Crippen LogP contribution in [-0.2, 0) is 19.4 Å². The van der Waals surface area contributed by atoms with E-state index in [2.05, 4.69) is 5.32 Å². The van der Waals surface area contributed by atoms with Crippen molar-refractivity contribution in [2.75, 3.05) is 31.4 Å². The van der Waals surface area contributed by atoms with Gasteiger partial charge in [-0.1, -0.05) is 0 Å². The SMILES string of the molecule is CCOc1ccc(OCC)c(NC(=O)COC(=O)c2ccc(S(C)(=O)=O)cc2)c1. The lowest BCUT2D eigenvalue weighted by Crippen LogP contribution is -2.21. The van der Waals surface area contributed by atoms with Crippen molar-refractivity contribution in [3.63, 3.8) is 0 Å². The van der Waals surface area contributed by atoms with Crippen LogP contribution in [0.25, 0.3) is 0 Å². The lowest BCUT2D eigenvalue weighted by Gasteiger charge is -2.13. The summed E-state index contributed by atoms with van der Waals surface area (Å²) in [4.78, 5) is 24.4. The molecule has 0 aromatic heterocycles. The van der Waals surface area contributed by atoms with E-state index in [0.717, 1.165) is 6.26 Å². The molecule has 1 amide bonds. The number of rotatable bonds is 9. The van der Waals surface area contributed by atoms with E-state index in [1.54, 1.807) is 18.2 Å². The van der Waals surface area contributed by atoms with Crippen molar-refractivity contribution in [1.29, 1.82) is 0 Å². The Kier molecular flexibility index (Phi) is 7.60. The van der Waals surface area contributed by atoms with E-state index in [0.29, 0.717) is 30.4 Å². The second-order valence-corrected chi connectivity index (χ2v) is 7.96. The van der Waals surface area contributed by atoms with E-state index < -0.39 is 28.3 Å². The Morgan fingerprint density at radius 3 is 2.21 bits per heavy atom. The highest BCUT2D eigenvalue weighted by Crippen LogP contribution is 2.29. The van der Waals surface area contributed by atoms with Crippen LogP contribution in [-0.4, -0.2) is 46.4 Å². The fourth-order valence-electron chi connectivity index (χ4n) is 2.38. The molecule has 2 aromatic rings. The van der Waals surface area contributed by atoms with Gasteiger partial charge in [-0.2, -0.15) is 0 Å². The van der Waals surface area contributed by atoms with Crippen molar-refractivity contribution in [2.24, 2.45) is 0 Å². The number of ether oxygens (including phenoxy) is 3. The predicted octanol–water partition coefficient (Wildman–Crippen LogP) is 2.68. The second kappa shape index (κ2) is 9.92. The highest BCUT2D eigenvalue weighted by Gasteiger charge is 2.14. The molecule has 156 valence electrons. The third kappa shape index (κ3) is 6.49. The fourth-order valence-corrected chi connectivity index (χ4v) is 3.01. The zero-order valence-corrected chi connectivity index (χ0v) is 17.2. The standard InChI is InChI=1S/C20H23NO7S/c1-4-26-15-8-11-18(27-5-2)17(12-15)21-19(22)13-28-20(23)14-6-9-16(10-7-14)29(3,24)25/h6-12H,4-5,13H2,1-3H3,(H,21,22). The third-order valence-electron chi connectivity index (χ3n) is 3.69. The van der Waals surface area contributed by atoms with E-state index in [4.69, 9.17) is 14.2 Å². The van der Waals surface area contributed by atoms with Crippen LogP contribution in [0.1, 0.15) is 24.2 Å². The first kappa shape index (κ1) is 22.2. The first-order valence-corrected chi connectivity index (χ1v) is 10.8. The summed E-state index contributed by atoms with van der Waals surface area (Å²) >= 11 is 0. The Balaban J connectivity index is 2.00. The molecule has 0 aliphatic carbocycles. The van der Waals surface area contributed by atoms with E-state index in [9.17, 15) is 18.0 Å². The van der Waals surface area contributed by atoms with Crippen molar-refractivity contribution in [1.82, 2.24) is 0 Å². The van der Waals surface area contributed by atoms with Gasteiger partial charge in [-0.05, 0) is 50.2 Å². The summed E-state index contributed by atoms with van der Waals surface area (Å²) < 4.78 is 38.8. The molecular weight excluding hydrogens is 398 g/mol. The second-order valence-electron chi connectivity index (χ2n) is 5.94.